The van der Waals surface area contributed by atoms with Crippen LogP contribution in [0.4, 0.5) is 5.69 Å². The monoisotopic (exact) mass is 427 g/mol. The van der Waals surface area contributed by atoms with Gasteiger partial charge >= 0.3 is 0 Å². The van der Waals surface area contributed by atoms with Gasteiger partial charge in [0, 0.05) is 42.2 Å². The Hall–Kier alpha value is -3.72. The lowest BCUT2D eigenvalue weighted by atomic mass is 10.1. The number of halogens is 1. The third kappa shape index (κ3) is 5.00. The van der Waals surface area contributed by atoms with Gasteiger partial charge in [0.25, 0.3) is 11.6 Å². The number of nitrogens with zero attached hydrogens (tertiary/aromatic N) is 3. The Morgan fingerprint density at radius 2 is 1.97 bits per heavy atom. The van der Waals surface area contributed by atoms with Gasteiger partial charge < -0.3 is 15.2 Å². The molecule has 1 heterocycles. The van der Waals surface area contributed by atoms with Crippen molar-refractivity contribution in [2.75, 3.05) is 6.54 Å². The second kappa shape index (κ2) is 9.19. The standard InChI is InChI=1S/C20H18ClN5O4/c1-25-10-9-22-19(25)18(13-5-7-15(21)8-6-13)24-17(27)12-23-20(28)14-3-2-4-16(11-14)26(29)30/h2-11,18H,12H2,1H3,(H,23,28)(H,24,27)/t18-/m0/s1. The first kappa shape index (κ1) is 21.0. The summed E-state index contributed by atoms with van der Waals surface area (Å²) in [6.07, 6.45) is 3.38. The van der Waals surface area contributed by atoms with E-state index in [0.717, 1.165) is 11.6 Å². The molecule has 0 fully saturated rings. The highest BCUT2D eigenvalue weighted by atomic mass is 35.5. The minimum Gasteiger partial charge on any atom is -0.343 e. The first-order valence-electron chi connectivity index (χ1n) is 8.90. The number of carbonyl (C=O) groups is 2. The molecule has 154 valence electrons. The second-order valence-electron chi connectivity index (χ2n) is 6.44. The van der Waals surface area contributed by atoms with Crippen LogP contribution < -0.4 is 10.6 Å². The van der Waals surface area contributed by atoms with Gasteiger partial charge in [0.1, 0.15) is 11.9 Å². The minimum atomic E-state index is -0.590. The van der Waals surface area contributed by atoms with Crippen LogP contribution in [-0.4, -0.2) is 32.8 Å². The first-order chi connectivity index (χ1) is 14.3. The SMILES string of the molecule is Cn1ccnc1[C@@H](NC(=O)CNC(=O)c1cccc([N+](=O)[O-])c1)c1ccc(Cl)cc1. The number of benzene rings is 2. The third-order valence-electron chi connectivity index (χ3n) is 4.35. The highest BCUT2D eigenvalue weighted by Crippen LogP contribution is 2.22. The molecule has 0 aliphatic rings. The fourth-order valence-electron chi connectivity index (χ4n) is 2.84. The van der Waals surface area contributed by atoms with Crippen molar-refractivity contribution in [1.82, 2.24) is 20.2 Å². The van der Waals surface area contributed by atoms with E-state index in [1.54, 1.807) is 41.2 Å². The summed E-state index contributed by atoms with van der Waals surface area (Å²) in [6, 6.07) is 11.7. The fourth-order valence-corrected chi connectivity index (χ4v) is 2.97. The van der Waals surface area contributed by atoms with Crippen molar-refractivity contribution >= 4 is 29.1 Å². The molecule has 0 spiro atoms. The van der Waals surface area contributed by atoms with Crippen LogP contribution in [0.15, 0.2) is 60.9 Å². The molecule has 30 heavy (non-hydrogen) atoms. The number of aryl methyl sites for hydroxylation is 1. The summed E-state index contributed by atoms with van der Waals surface area (Å²) in [4.78, 5) is 39.3. The van der Waals surface area contributed by atoms with Crippen LogP contribution in [0.2, 0.25) is 5.02 Å². The Kier molecular flexibility index (Phi) is 6.43. The normalized spacial score (nSPS) is 11.5. The summed E-state index contributed by atoms with van der Waals surface area (Å²) >= 11 is 5.95. The molecule has 3 rings (SSSR count). The molecule has 0 saturated heterocycles. The molecule has 2 N–H and O–H groups in total. The smallest absolute Gasteiger partial charge is 0.270 e. The summed E-state index contributed by atoms with van der Waals surface area (Å²) < 4.78 is 1.78. The van der Waals surface area contributed by atoms with E-state index in [1.165, 1.54) is 18.2 Å². The van der Waals surface area contributed by atoms with Crippen molar-refractivity contribution in [2.24, 2.45) is 7.05 Å². The van der Waals surface area contributed by atoms with Crippen LogP contribution in [0.3, 0.4) is 0 Å². The summed E-state index contributed by atoms with van der Waals surface area (Å²) in [6.45, 7) is -0.309. The predicted octanol–water partition coefficient (Wildman–Crippen LogP) is 2.62. The van der Waals surface area contributed by atoms with Gasteiger partial charge in [0.15, 0.2) is 0 Å². The maximum Gasteiger partial charge on any atom is 0.270 e. The van der Waals surface area contributed by atoms with E-state index in [1.807, 2.05) is 7.05 Å². The molecule has 1 atom stereocenters. The van der Waals surface area contributed by atoms with Gasteiger partial charge in [-0.25, -0.2) is 4.98 Å². The molecule has 2 aromatic carbocycles. The Labute approximate surface area is 176 Å². The molecule has 0 aliphatic heterocycles. The largest absolute Gasteiger partial charge is 0.343 e. The molecule has 3 aromatic rings. The molecule has 0 radical (unpaired) electrons. The zero-order chi connectivity index (χ0) is 21.7. The van der Waals surface area contributed by atoms with Crippen molar-refractivity contribution in [3.05, 3.63) is 93.0 Å². The Balaban J connectivity index is 1.70. The number of rotatable bonds is 7. The van der Waals surface area contributed by atoms with Gasteiger partial charge in [-0.15, -0.1) is 0 Å². The number of aromatic nitrogens is 2. The second-order valence-corrected chi connectivity index (χ2v) is 6.87. The molecule has 2 amide bonds. The number of carbonyl (C=O) groups excluding carboxylic acids is 2. The number of nitro groups is 1. The van der Waals surface area contributed by atoms with Crippen molar-refractivity contribution < 1.29 is 14.5 Å². The van der Waals surface area contributed by atoms with Gasteiger partial charge in [-0.3, -0.25) is 19.7 Å². The Morgan fingerprint density at radius 3 is 2.60 bits per heavy atom. The zero-order valence-electron chi connectivity index (χ0n) is 15.9. The molecule has 9 nitrogen and oxygen atoms in total. The fraction of sp³-hybridized carbons (Fsp3) is 0.150. The topological polar surface area (TPSA) is 119 Å². The summed E-state index contributed by atoms with van der Waals surface area (Å²) in [7, 11) is 1.81. The summed E-state index contributed by atoms with van der Waals surface area (Å²) in [5.41, 5.74) is 0.659. The van der Waals surface area contributed by atoms with Gasteiger partial charge in [-0.05, 0) is 23.8 Å². The number of hydrogen-bond acceptors (Lipinski definition) is 5. The van der Waals surface area contributed by atoms with E-state index in [9.17, 15) is 19.7 Å². The number of hydrogen-bond donors (Lipinski definition) is 2. The minimum absolute atomic E-state index is 0.0929. The van der Waals surface area contributed by atoms with Crippen LogP contribution in [-0.2, 0) is 11.8 Å². The van der Waals surface area contributed by atoms with Gasteiger partial charge in [-0.1, -0.05) is 29.8 Å². The van der Waals surface area contributed by atoms with E-state index in [0.29, 0.717) is 10.8 Å². The van der Waals surface area contributed by atoms with Crippen molar-refractivity contribution in [3.63, 3.8) is 0 Å². The lowest BCUT2D eigenvalue weighted by Crippen LogP contribution is -2.39. The van der Waals surface area contributed by atoms with E-state index in [2.05, 4.69) is 15.6 Å². The van der Waals surface area contributed by atoms with E-state index >= 15 is 0 Å². The maximum absolute atomic E-state index is 12.5. The first-order valence-corrected chi connectivity index (χ1v) is 9.27. The van der Waals surface area contributed by atoms with Gasteiger partial charge in [-0.2, -0.15) is 0 Å². The average molecular weight is 428 g/mol. The third-order valence-corrected chi connectivity index (χ3v) is 4.61. The number of nitro benzene ring substituents is 1. The van der Waals surface area contributed by atoms with E-state index < -0.39 is 22.8 Å². The molecular weight excluding hydrogens is 410 g/mol. The van der Waals surface area contributed by atoms with Crippen LogP contribution >= 0.6 is 11.6 Å². The molecule has 1 aromatic heterocycles. The van der Waals surface area contributed by atoms with Crippen molar-refractivity contribution in [1.29, 1.82) is 0 Å². The summed E-state index contributed by atoms with van der Waals surface area (Å²) in [5, 5.41) is 16.7. The van der Waals surface area contributed by atoms with Crippen molar-refractivity contribution in [2.45, 2.75) is 6.04 Å². The van der Waals surface area contributed by atoms with E-state index in [-0.39, 0.29) is 17.8 Å². The molecule has 10 heteroatoms. The average Bonchev–Trinajstić information content (AvgIpc) is 3.16. The Bertz CT molecular complexity index is 1080. The lowest BCUT2D eigenvalue weighted by molar-refractivity contribution is -0.384. The molecular formula is C20H18ClN5O4. The van der Waals surface area contributed by atoms with E-state index in [4.69, 9.17) is 11.6 Å². The van der Waals surface area contributed by atoms with Crippen LogP contribution in [0.5, 0.6) is 0 Å². The maximum atomic E-state index is 12.5. The quantitative estimate of drug-likeness (QED) is 0.443. The lowest BCUT2D eigenvalue weighted by Gasteiger charge is -2.19. The summed E-state index contributed by atoms with van der Waals surface area (Å²) in [5.74, 6) is -0.429. The van der Waals surface area contributed by atoms with Crippen LogP contribution in [0, 0.1) is 10.1 Å². The Morgan fingerprint density at radius 1 is 1.23 bits per heavy atom. The number of non-ortho nitro benzene ring substituents is 1. The van der Waals surface area contributed by atoms with Crippen LogP contribution in [0.1, 0.15) is 27.8 Å². The molecule has 0 aliphatic carbocycles. The van der Waals surface area contributed by atoms with Gasteiger partial charge in [0.2, 0.25) is 5.91 Å². The molecule has 0 saturated carbocycles. The predicted molar refractivity (Wildman–Crippen MR) is 110 cm³/mol. The highest BCUT2D eigenvalue weighted by Gasteiger charge is 2.21. The molecule has 0 unspecified atom stereocenters. The van der Waals surface area contributed by atoms with Crippen molar-refractivity contribution in [3.8, 4) is 0 Å². The number of imidazole rings is 1. The number of amides is 2. The molecule has 0 bridgehead atoms. The highest BCUT2D eigenvalue weighted by molar-refractivity contribution is 6.30. The number of nitrogens with one attached hydrogen (secondary N) is 2. The zero-order valence-corrected chi connectivity index (χ0v) is 16.7. The van der Waals surface area contributed by atoms with Gasteiger partial charge in [0.05, 0.1) is 11.5 Å². The van der Waals surface area contributed by atoms with Crippen LogP contribution in [0.25, 0.3) is 0 Å².